The average Bonchev–Trinajstić information content (AvgIpc) is 2.16. The van der Waals surface area contributed by atoms with Crippen LogP contribution in [0.1, 0.15) is 0 Å². The number of nitro groups is 1. The van der Waals surface area contributed by atoms with E-state index in [1.165, 1.54) is 0 Å². The number of hydrogen-bond donors (Lipinski definition) is 1. The van der Waals surface area contributed by atoms with E-state index in [0.29, 0.717) is 0 Å². The van der Waals surface area contributed by atoms with Crippen molar-refractivity contribution >= 4 is 27.6 Å². The maximum Gasteiger partial charge on any atom is 0.301 e. The van der Waals surface area contributed by atoms with Crippen LogP contribution in [0.2, 0.25) is 0 Å². The minimum atomic E-state index is -4.69. The van der Waals surface area contributed by atoms with Crippen molar-refractivity contribution in [3.05, 3.63) is 28.3 Å². The summed E-state index contributed by atoms with van der Waals surface area (Å²) >= 11 is 0. The summed E-state index contributed by atoms with van der Waals surface area (Å²) in [5.41, 5.74) is -0.992. The first-order chi connectivity index (χ1) is 7.36. The molecule has 0 atom stereocenters. The van der Waals surface area contributed by atoms with Crippen molar-refractivity contribution in [2.75, 3.05) is 0 Å². The van der Waals surface area contributed by atoms with Crippen molar-refractivity contribution in [2.24, 2.45) is 4.99 Å². The third-order valence-corrected chi connectivity index (χ3v) is 2.49. The van der Waals surface area contributed by atoms with Crippen LogP contribution < -0.4 is 0 Å². The van der Waals surface area contributed by atoms with Crippen molar-refractivity contribution in [3.8, 4) is 0 Å². The van der Waals surface area contributed by atoms with Crippen LogP contribution >= 0.6 is 0 Å². The van der Waals surface area contributed by atoms with Crippen LogP contribution in [0, 0.1) is 10.1 Å². The lowest BCUT2D eigenvalue weighted by Gasteiger charge is -1.99. The lowest BCUT2D eigenvalue weighted by Crippen LogP contribution is -2.02. The topological polar surface area (TPSA) is 127 Å². The van der Waals surface area contributed by atoms with Gasteiger partial charge in [0.1, 0.15) is 0 Å². The van der Waals surface area contributed by atoms with E-state index in [2.05, 4.69) is 4.99 Å². The van der Waals surface area contributed by atoms with E-state index >= 15 is 0 Å². The van der Waals surface area contributed by atoms with Gasteiger partial charge in [-0.15, -0.1) is 0 Å². The molecule has 0 spiro atoms. The zero-order valence-electron chi connectivity index (χ0n) is 7.52. The van der Waals surface area contributed by atoms with E-state index < -0.39 is 25.6 Å². The highest BCUT2D eigenvalue weighted by atomic mass is 32.2. The molecule has 9 heteroatoms. The zero-order chi connectivity index (χ0) is 12.3. The number of hydrogen-bond acceptors (Lipinski definition) is 6. The van der Waals surface area contributed by atoms with E-state index in [-0.39, 0.29) is 5.69 Å². The molecule has 0 aromatic heterocycles. The summed E-state index contributed by atoms with van der Waals surface area (Å²) in [4.78, 5) is 21.6. The molecule has 0 heterocycles. The first-order valence-electron chi connectivity index (χ1n) is 3.70. The summed E-state index contributed by atoms with van der Waals surface area (Å²) < 4.78 is 30.2. The Morgan fingerprint density at radius 1 is 1.44 bits per heavy atom. The molecule has 1 rings (SSSR count). The number of nitro benzene ring substituents is 1. The molecule has 1 N–H and O–H groups in total. The molecular formula is C7H4N2O6S. The molecular weight excluding hydrogens is 240 g/mol. The Labute approximate surface area is 89.1 Å². The normalized spacial score (nSPS) is 10.6. The maximum atomic E-state index is 10.8. The Morgan fingerprint density at radius 2 is 2.06 bits per heavy atom. The molecule has 1 aromatic rings. The highest BCUT2D eigenvalue weighted by molar-refractivity contribution is 7.86. The van der Waals surface area contributed by atoms with Crippen LogP contribution in [-0.2, 0) is 14.9 Å². The smallest absolute Gasteiger partial charge is 0.282 e. The largest absolute Gasteiger partial charge is 0.301 e. The fourth-order valence-electron chi connectivity index (χ4n) is 0.989. The van der Waals surface area contributed by atoms with E-state index in [4.69, 9.17) is 4.55 Å². The van der Waals surface area contributed by atoms with Crippen molar-refractivity contribution < 1.29 is 22.7 Å². The summed E-state index contributed by atoms with van der Waals surface area (Å²) in [6.45, 7) is 0. The van der Waals surface area contributed by atoms with Gasteiger partial charge in [0.05, 0.1) is 10.6 Å². The lowest BCUT2D eigenvalue weighted by molar-refractivity contribution is -0.387. The summed E-state index contributed by atoms with van der Waals surface area (Å²) in [6.07, 6.45) is 1.15. The highest BCUT2D eigenvalue weighted by Crippen LogP contribution is 2.27. The lowest BCUT2D eigenvalue weighted by atomic mass is 10.3. The predicted octanol–water partition coefficient (Wildman–Crippen LogP) is 0.809. The van der Waals surface area contributed by atoms with Gasteiger partial charge in [0, 0.05) is 6.07 Å². The van der Waals surface area contributed by atoms with Crippen LogP contribution in [0.15, 0.2) is 28.1 Å². The standard InChI is InChI=1S/C7H4N2O6S/c10-4-8-5-1-2-7(16(13,14)15)6(3-5)9(11)12/h1-3H,(H,13,14,15). The van der Waals surface area contributed by atoms with Gasteiger partial charge in [-0.25, -0.2) is 4.79 Å². The monoisotopic (exact) mass is 244 g/mol. The molecule has 16 heavy (non-hydrogen) atoms. The van der Waals surface area contributed by atoms with Crippen LogP contribution in [0.5, 0.6) is 0 Å². The minimum absolute atomic E-state index is 0.130. The number of aliphatic imine (C=N–C) groups is 1. The SMILES string of the molecule is O=C=Nc1ccc(S(=O)(=O)O)c([N+](=O)[O-])c1. The molecule has 0 fully saturated rings. The van der Waals surface area contributed by atoms with Gasteiger partial charge in [0.25, 0.3) is 5.69 Å². The first-order valence-corrected chi connectivity index (χ1v) is 5.14. The molecule has 0 aliphatic carbocycles. The molecule has 0 aliphatic rings. The summed E-state index contributed by atoms with van der Waals surface area (Å²) in [5, 5.41) is 10.5. The van der Waals surface area contributed by atoms with Gasteiger partial charge in [-0.05, 0) is 12.1 Å². The van der Waals surface area contributed by atoms with Gasteiger partial charge in [-0.1, -0.05) is 0 Å². The third-order valence-electron chi connectivity index (χ3n) is 1.59. The molecule has 0 bridgehead atoms. The highest BCUT2D eigenvalue weighted by Gasteiger charge is 2.24. The molecule has 0 amide bonds. The van der Waals surface area contributed by atoms with Gasteiger partial charge in [0.15, 0.2) is 4.90 Å². The van der Waals surface area contributed by atoms with Crippen molar-refractivity contribution in [3.63, 3.8) is 0 Å². The van der Waals surface area contributed by atoms with Crippen LogP contribution in [0.25, 0.3) is 0 Å². The number of benzene rings is 1. The molecule has 84 valence electrons. The Balaban J connectivity index is 3.54. The molecule has 0 aliphatic heterocycles. The number of nitrogens with zero attached hydrogens (tertiary/aromatic N) is 2. The quantitative estimate of drug-likeness (QED) is 0.275. The van der Waals surface area contributed by atoms with Gasteiger partial charge < -0.3 is 0 Å². The fraction of sp³-hybridized carbons (Fsp3) is 0. The molecule has 0 unspecified atom stereocenters. The van der Waals surface area contributed by atoms with E-state index in [0.717, 1.165) is 24.3 Å². The Hall–Kier alpha value is -2.09. The third kappa shape index (κ3) is 2.48. The van der Waals surface area contributed by atoms with Crippen LogP contribution in [0.4, 0.5) is 11.4 Å². The number of rotatable bonds is 3. The number of isocyanates is 1. The van der Waals surface area contributed by atoms with Gasteiger partial charge in [-0.3, -0.25) is 14.7 Å². The molecule has 0 saturated heterocycles. The van der Waals surface area contributed by atoms with E-state index in [9.17, 15) is 23.3 Å². The van der Waals surface area contributed by atoms with Crippen LogP contribution in [-0.4, -0.2) is 24.0 Å². The second kappa shape index (κ2) is 4.19. The zero-order valence-corrected chi connectivity index (χ0v) is 8.34. The predicted molar refractivity (Wildman–Crippen MR) is 50.7 cm³/mol. The van der Waals surface area contributed by atoms with Crippen LogP contribution in [0.3, 0.4) is 0 Å². The Kier molecular flexibility index (Phi) is 3.14. The van der Waals surface area contributed by atoms with Crippen molar-refractivity contribution in [1.82, 2.24) is 0 Å². The minimum Gasteiger partial charge on any atom is -0.282 e. The van der Waals surface area contributed by atoms with Crippen molar-refractivity contribution in [2.45, 2.75) is 4.90 Å². The second-order valence-corrected chi connectivity index (χ2v) is 3.98. The summed E-state index contributed by atoms with van der Waals surface area (Å²) in [7, 11) is -4.69. The van der Waals surface area contributed by atoms with Gasteiger partial charge in [0.2, 0.25) is 6.08 Å². The summed E-state index contributed by atoms with van der Waals surface area (Å²) in [5.74, 6) is 0. The molecule has 0 saturated carbocycles. The fourth-order valence-corrected chi connectivity index (χ4v) is 1.63. The van der Waals surface area contributed by atoms with E-state index in [1.54, 1.807) is 0 Å². The van der Waals surface area contributed by atoms with Gasteiger partial charge >= 0.3 is 10.1 Å². The molecule has 0 radical (unpaired) electrons. The Bertz CT molecular complexity index is 587. The van der Waals surface area contributed by atoms with E-state index in [1.807, 2.05) is 0 Å². The summed E-state index contributed by atoms with van der Waals surface area (Å²) in [6, 6.07) is 2.55. The molecule has 8 nitrogen and oxygen atoms in total. The van der Waals surface area contributed by atoms with Gasteiger partial charge in [-0.2, -0.15) is 13.4 Å². The Morgan fingerprint density at radius 3 is 2.50 bits per heavy atom. The average molecular weight is 244 g/mol. The molecule has 1 aromatic carbocycles. The number of carbonyl (C=O) groups excluding carboxylic acids is 1. The maximum absolute atomic E-state index is 10.8. The second-order valence-electron chi connectivity index (χ2n) is 2.59. The first kappa shape index (κ1) is 12.0. The van der Waals surface area contributed by atoms with Crippen molar-refractivity contribution in [1.29, 1.82) is 0 Å².